The highest BCUT2D eigenvalue weighted by Gasteiger charge is 2.03. The number of aromatic nitrogens is 2. The molecule has 0 aliphatic heterocycles. The molecule has 0 radical (unpaired) electrons. The Balaban J connectivity index is 1.95. The van der Waals surface area contributed by atoms with E-state index in [9.17, 15) is 0 Å². The zero-order valence-corrected chi connectivity index (χ0v) is 16.6. The van der Waals surface area contributed by atoms with Crippen LogP contribution in [0.2, 0.25) is 0 Å². The fourth-order valence-electron chi connectivity index (χ4n) is 3.38. The highest BCUT2D eigenvalue weighted by atomic mass is 15.1. The van der Waals surface area contributed by atoms with E-state index in [-0.39, 0.29) is 0 Å². The summed E-state index contributed by atoms with van der Waals surface area (Å²) >= 11 is 0. The number of rotatable bonds is 17. The molecule has 0 bridgehead atoms. The van der Waals surface area contributed by atoms with Gasteiger partial charge < -0.3 is 0 Å². The summed E-state index contributed by atoms with van der Waals surface area (Å²) in [6.45, 7) is 6.96. The average molecular weight is 336 g/mol. The highest BCUT2D eigenvalue weighted by Crippen LogP contribution is 2.09. The van der Waals surface area contributed by atoms with Gasteiger partial charge in [0, 0.05) is 0 Å². The predicted octanol–water partition coefficient (Wildman–Crippen LogP) is 6.67. The second-order valence-corrected chi connectivity index (χ2v) is 7.49. The first-order valence-electron chi connectivity index (χ1n) is 10.9. The van der Waals surface area contributed by atoms with Gasteiger partial charge in [0.2, 0.25) is 6.33 Å². The van der Waals surface area contributed by atoms with Gasteiger partial charge >= 0.3 is 0 Å². The Labute approximate surface area is 151 Å². The van der Waals surface area contributed by atoms with E-state index in [2.05, 4.69) is 41.7 Å². The molecule has 2 nitrogen and oxygen atoms in total. The van der Waals surface area contributed by atoms with Crippen LogP contribution < -0.4 is 4.57 Å². The largest absolute Gasteiger partial charge is 0.243 e. The van der Waals surface area contributed by atoms with Gasteiger partial charge in [-0.15, -0.1) is 0 Å². The summed E-state index contributed by atoms with van der Waals surface area (Å²) in [4.78, 5) is 0. The van der Waals surface area contributed by atoms with Gasteiger partial charge in [0.25, 0.3) is 0 Å². The fraction of sp³-hybridized carbons (Fsp3) is 0.864. The van der Waals surface area contributed by atoms with E-state index in [1.807, 2.05) is 0 Å². The van der Waals surface area contributed by atoms with Gasteiger partial charge in [-0.25, -0.2) is 9.13 Å². The molecule has 0 fully saturated rings. The fourth-order valence-corrected chi connectivity index (χ4v) is 3.38. The summed E-state index contributed by atoms with van der Waals surface area (Å²) in [7, 11) is 0. The monoisotopic (exact) mass is 335 g/mol. The van der Waals surface area contributed by atoms with Gasteiger partial charge in [0.05, 0.1) is 13.1 Å². The molecular formula is C22H43N2+. The van der Waals surface area contributed by atoms with Gasteiger partial charge in [-0.2, -0.15) is 0 Å². The average Bonchev–Trinajstić information content (AvgIpc) is 3.04. The van der Waals surface area contributed by atoms with Gasteiger partial charge in [-0.1, -0.05) is 84.5 Å². The molecule has 0 aliphatic carbocycles. The van der Waals surface area contributed by atoms with Crippen LogP contribution in [0.3, 0.4) is 0 Å². The van der Waals surface area contributed by atoms with Gasteiger partial charge in [0.1, 0.15) is 12.4 Å². The van der Waals surface area contributed by atoms with Crippen LogP contribution in [0.5, 0.6) is 0 Å². The van der Waals surface area contributed by atoms with E-state index in [1.54, 1.807) is 0 Å². The van der Waals surface area contributed by atoms with Crippen LogP contribution >= 0.6 is 0 Å². The summed E-state index contributed by atoms with van der Waals surface area (Å²) < 4.78 is 4.75. The molecule has 0 atom stereocenters. The van der Waals surface area contributed by atoms with Crippen molar-refractivity contribution in [3.8, 4) is 0 Å². The van der Waals surface area contributed by atoms with Crippen molar-refractivity contribution in [2.45, 2.75) is 123 Å². The number of nitrogens with zero attached hydrogens (tertiary/aromatic N) is 2. The summed E-state index contributed by atoms with van der Waals surface area (Å²) in [5.74, 6) is 0. The van der Waals surface area contributed by atoms with Gasteiger partial charge in [0.15, 0.2) is 0 Å². The van der Waals surface area contributed by atoms with Crippen molar-refractivity contribution in [3.63, 3.8) is 0 Å². The van der Waals surface area contributed by atoms with E-state index in [0.717, 1.165) is 0 Å². The van der Waals surface area contributed by atoms with E-state index in [0.29, 0.717) is 0 Å². The van der Waals surface area contributed by atoms with Crippen molar-refractivity contribution in [2.75, 3.05) is 0 Å². The molecule has 24 heavy (non-hydrogen) atoms. The van der Waals surface area contributed by atoms with E-state index >= 15 is 0 Å². The van der Waals surface area contributed by atoms with Crippen LogP contribution in [0.4, 0.5) is 0 Å². The Kier molecular flexibility index (Phi) is 13.9. The maximum Gasteiger partial charge on any atom is 0.243 e. The molecule has 1 heterocycles. The summed E-state index contributed by atoms with van der Waals surface area (Å²) in [6, 6.07) is 0. The standard InChI is InChI=1S/C22H43N2/c1-3-5-7-9-11-13-15-17-19-24-21-20-23(22-24)18-16-14-12-10-8-6-4-2/h20-22H,3-19H2,1-2H3/q+1. The summed E-state index contributed by atoms with van der Waals surface area (Å²) in [5.41, 5.74) is 0. The second-order valence-electron chi connectivity index (χ2n) is 7.49. The van der Waals surface area contributed by atoms with Crippen molar-refractivity contribution in [1.82, 2.24) is 4.57 Å². The lowest BCUT2D eigenvalue weighted by Gasteiger charge is -2.01. The topological polar surface area (TPSA) is 8.81 Å². The van der Waals surface area contributed by atoms with E-state index in [4.69, 9.17) is 0 Å². The lowest BCUT2D eigenvalue weighted by molar-refractivity contribution is -0.696. The normalized spacial score (nSPS) is 11.2. The Morgan fingerprint density at radius 2 is 1.12 bits per heavy atom. The Morgan fingerprint density at radius 1 is 0.625 bits per heavy atom. The van der Waals surface area contributed by atoms with Crippen LogP contribution in [0.25, 0.3) is 0 Å². The van der Waals surface area contributed by atoms with Crippen LogP contribution in [-0.2, 0) is 13.1 Å². The molecule has 2 heteroatoms. The number of hydrogen-bond donors (Lipinski definition) is 0. The molecule has 0 saturated heterocycles. The van der Waals surface area contributed by atoms with Crippen molar-refractivity contribution >= 4 is 0 Å². The maximum atomic E-state index is 2.37. The Morgan fingerprint density at radius 3 is 1.71 bits per heavy atom. The molecule has 0 aliphatic rings. The quantitative estimate of drug-likeness (QED) is 0.222. The van der Waals surface area contributed by atoms with Crippen molar-refractivity contribution in [2.24, 2.45) is 0 Å². The molecule has 0 aromatic carbocycles. The third kappa shape index (κ3) is 11.7. The molecular weight excluding hydrogens is 292 g/mol. The Bertz CT molecular complexity index is 370. The van der Waals surface area contributed by atoms with Gasteiger partial charge in [-0.05, 0) is 25.7 Å². The second kappa shape index (κ2) is 15.7. The molecule has 0 saturated carbocycles. The highest BCUT2D eigenvalue weighted by molar-refractivity contribution is 4.66. The first kappa shape index (κ1) is 21.3. The van der Waals surface area contributed by atoms with Crippen LogP contribution in [-0.4, -0.2) is 4.57 Å². The lowest BCUT2D eigenvalue weighted by atomic mass is 10.1. The summed E-state index contributed by atoms with van der Waals surface area (Å²) in [5, 5.41) is 0. The SMILES string of the molecule is CCCCCCCCCCn1cc[n+](CCCCCCCCC)c1. The first-order chi connectivity index (χ1) is 11.9. The minimum Gasteiger partial charge on any atom is -0.237 e. The molecule has 140 valence electrons. The van der Waals surface area contributed by atoms with E-state index < -0.39 is 0 Å². The number of unbranched alkanes of at least 4 members (excludes halogenated alkanes) is 13. The van der Waals surface area contributed by atoms with Gasteiger partial charge in [-0.3, -0.25) is 0 Å². The Hall–Kier alpha value is -0.790. The minimum atomic E-state index is 1.19. The minimum absolute atomic E-state index is 1.19. The maximum absolute atomic E-state index is 2.37. The number of hydrogen-bond acceptors (Lipinski definition) is 0. The lowest BCUT2D eigenvalue weighted by Crippen LogP contribution is -2.30. The molecule has 1 aromatic heterocycles. The van der Waals surface area contributed by atoms with E-state index in [1.165, 1.54) is 109 Å². The summed E-state index contributed by atoms with van der Waals surface area (Å²) in [6.07, 6.45) is 27.8. The molecule has 0 spiro atoms. The van der Waals surface area contributed by atoms with Crippen LogP contribution in [0.1, 0.15) is 110 Å². The molecule has 0 N–H and O–H groups in total. The van der Waals surface area contributed by atoms with Crippen LogP contribution in [0, 0.1) is 0 Å². The predicted molar refractivity (Wildman–Crippen MR) is 105 cm³/mol. The smallest absolute Gasteiger partial charge is 0.237 e. The zero-order chi connectivity index (χ0) is 17.3. The molecule has 0 amide bonds. The molecule has 1 rings (SSSR count). The third-order valence-electron chi connectivity index (χ3n) is 5.04. The molecule has 0 unspecified atom stereocenters. The molecule has 1 aromatic rings. The number of imidazole rings is 1. The van der Waals surface area contributed by atoms with Crippen molar-refractivity contribution < 1.29 is 4.57 Å². The van der Waals surface area contributed by atoms with Crippen LogP contribution in [0.15, 0.2) is 18.7 Å². The third-order valence-corrected chi connectivity index (χ3v) is 5.04. The first-order valence-corrected chi connectivity index (χ1v) is 10.9. The van der Waals surface area contributed by atoms with Crippen molar-refractivity contribution in [1.29, 1.82) is 0 Å². The zero-order valence-electron chi connectivity index (χ0n) is 16.6. The van der Waals surface area contributed by atoms with Crippen molar-refractivity contribution in [3.05, 3.63) is 18.7 Å². The number of aryl methyl sites for hydroxylation is 2.